The Hall–Kier alpha value is -4.06. The molecule has 3 aromatic rings. The number of fused-ring (bicyclic) bond motifs is 1. The number of hydrogen-bond donors (Lipinski definition) is 3. The van der Waals surface area contributed by atoms with Crippen LogP contribution in [0.2, 0.25) is 0 Å². The van der Waals surface area contributed by atoms with Crippen molar-refractivity contribution in [1.29, 1.82) is 0 Å². The SMILES string of the molecule is CN(C[C@H]1CCCO1)c1ccc(Nc2ncc(F)c(Nc3ccc4c(n3)NC(=O)CO4)n2)cn1. The number of halogens is 1. The first kappa shape index (κ1) is 21.8. The maximum absolute atomic E-state index is 14.3. The van der Waals surface area contributed by atoms with E-state index in [9.17, 15) is 9.18 Å². The van der Waals surface area contributed by atoms with Crippen molar-refractivity contribution in [2.45, 2.75) is 18.9 Å². The van der Waals surface area contributed by atoms with E-state index in [4.69, 9.17) is 9.47 Å². The molecule has 11 nitrogen and oxygen atoms in total. The first-order valence-electron chi connectivity index (χ1n) is 10.8. The normalized spacial score (nSPS) is 16.9. The predicted molar refractivity (Wildman–Crippen MR) is 123 cm³/mol. The number of ether oxygens (including phenoxy) is 2. The molecule has 5 heterocycles. The Kier molecular flexibility index (Phi) is 6.04. The number of nitrogens with zero attached hydrogens (tertiary/aromatic N) is 5. The molecule has 5 rings (SSSR count). The summed E-state index contributed by atoms with van der Waals surface area (Å²) in [5.74, 6) is 0.933. The first-order chi connectivity index (χ1) is 16.5. The van der Waals surface area contributed by atoms with Gasteiger partial charge in [-0.2, -0.15) is 4.98 Å². The molecule has 3 N–H and O–H groups in total. The number of amides is 1. The quantitative estimate of drug-likeness (QED) is 0.478. The van der Waals surface area contributed by atoms with Gasteiger partial charge >= 0.3 is 0 Å². The van der Waals surface area contributed by atoms with Gasteiger partial charge in [-0.3, -0.25) is 4.79 Å². The van der Waals surface area contributed by atoms with Gasteiger partial charge in [-0.15, -0.1) is 0 Å². The van der Waals surface area contributed by atoms with Crippen LogP contribution < -0.4 is 25.6 Å². The number of carbonyl (C=O) groups is 1. The smallest absolute Gasteiger partial charge is 0.263 e. The number of hydrogen-bond acceptors (Lipinski definition) is 10. The van der Waals surface area contributed by atoms with Gasteiger partial charge in [0.2, 0.25) is 5.95 Å². The highest BCUT2D eigenvalue weighted by Gasteiger charge is 2.19. The highest BCUT2D eigenvalue weighted by Crippen LogP contribution is 2.28. The molecule has 0 unspecified atom stereocenters. The fourth-order valence-corrected chi connectivity index (χ4v) is 3.67. The van der Waals surface area contributed by atoms with Crippen LogP contribution in [0.15, 0.2) is 36.7 Å². The summed E-state index contributed by atoms with van der Waals surface area (Å²) in [7, 11) is 1.98. The van der Waals surface area contributed by atoms with E-state index in [0.29, 0.717) is 11.4 Å². The zero-order valence-corrected chi connectivity index (χ0v) is 18.4. The monoisotopic (exact) mass is 466 g/mol. The van der Waals surface area contributed by atoms with Crippen LogP contribution in [0.1, 0.15) is 12.8 Å². The Morgan fingerprint density at radius 1 is 1.18 bits per heavy atom. The zero-order valence-electron chi connectivity index (χ0n) is 18.4. The summed E-state index contributed by atoms with van der Waals surface area (Å²) in [4.78, 5) is 30.5. The molecule has 0 aromatic carbocycles. The minimum absolute atomic E-state index is 0.0713. The lowest BCUT2D eigenvalue weighted by Crippen LogP contribution is -2.29. The molecule has 1 fully saturated rings. The van der Waals surface area contributed by atoms with E-state index >= 15 is 0 Å². The topological polar surface area (TPSA) is 126 Å². The summed E-state index contributed by atoms with van der Waals surface area (Å²) < 4.78 is 25.3. The van der Waals surface area contributed by atoms with Crippen molar-refractivity contribution in [3.8, 4) is 5.75 Å². The van der Waals surface area contributed by atoms with Gasteiger partial charge in [-0.25, -0.2) is 19.3 Å². The second-order valence-corrected chi connectivity index (χ2v) is 7.94. The molecule has 0 spiro atoms. The highest BCUT2D eigenvalue weighted by molar-refractivity contribution is 5.94. The van der Waals surface area contributed by atoms with Crippen molar-refractivity contribution >= 4 is 40.8 Å². The van der Waals surface area contributed by atoms with Crippen molar-refractivity contribution in [2.75, 3.05) is 47.7 Å². The third-order valence-corrected chi connectivity index (χ3v) is 5.36. The Morgan fingerprint density at radius 2 is 2.09 bits per heavy atom. The van der Waals surface area contributed by atoms with Crippen LogP contribution in [0.4, 0.5) is 39.3 Å². The predicted octanol–water partition coefficient (Wildman–Crippen LogP) is 2.84. The Balaban J connectivity index is 1.26. The summed E-state index contributed by atoms with van der Waals surface area (Å²) in [5, 5.41) is 8.43. The molecule has 2 aliphatic heterocycles. The van der Waals surface area contributed by atoms with Gasteiger partial charge < -0.3 is 30.3 Å². The average molecular weight is 466 g/mol. The van der Waals surface area contributed by atoms with E-state index in [1.54, 1.807) is 18.3 Å². The van der Waals surface area contributed by atoms with Crippen molar-refractivity contribution in [1.82, 2.24) is 19.9 Å². The highest BCUT2D eigenvalue weighted by atomic mass is 19.1. The zero-order chi connectivity index (χ0) is 23.5. The molecule has 176 valence electrons. The fourth-order valence-electron chi connectivity index (χ4n) is 3.67. The number of pyridine rings is 2. The van der Waals surface area contributed by atoms with Crippen LogP contribution in [-0.4, -0.2) is 58.8 Å². The summed E-state index contributed by atoms with van der Waals surface area (Å²) in [5.41, 5.74) is 0.651. The van der Waals surface area contributed by atoms with E-state index in [-0.39, 0.29) is 42.0 Å². The third kappa shape index (κ3) is 4.96. The minimum atomic E-state index is -0.658. The molecular weight excluding hydrogens is 443 g/mol. The first-order valence-corrected chi connectivity index (χ1v) is 10.8. The summed E-state index contributed by atoms with van der Waals surface area (Å²) in [6.07, 6.45) is 5.10. The number of aromatic nitrogens is 4. The summed E-state index contributed by atoms with van der Waals surface area (Å²) >= 11 is 0. The van der Waals surface area contributed by atoms with Gasteiger partial charge in [-0.1, -0.05) is 0 Å². The molecule has 1 saturated heterocycles. The van der Waals surface area contributed by atoms with E-state index in [1.165, 1.54) is 0 Å². The molecule has 2 aliphatic rings. The number of rotatable bonds is 7. The summed E-state index contributed by atoms with van der Waals surface area (Å²) in [6, 6.07) is 6.96. The van der Waals surface area contributed by atoms with Crippen LogP contribution in [0.5, 0.6) is 5.75 Å². The van der Waals surface area contributed by atoms with Gasteiger partial charge in [0.15, 0.2) is 29.8 Å². The van der Waals surface area contributed by atoms with Gasteiger partial charge in [0, 0.05) is 20.2 Å². The lowest BCUT2D eigenvalue weighted by molar-refractivity contribution is -0.118. The molecule has 1 amide bonds. The lowest BCUT2D eigenvalue weighted by Gasteiger charge is -2.21. The number of nitrogens with one attached hydrogen (secondary N) is 3. The molecule has 12 heteroatoms. The second-order valence-electron chi connectivity index (χ2n) is 7.94. The molecule has 3 aromatic heterocycles. The second kappa shape index (κ2) is 9.43. The van der Waals surface area contributed by atoms with Crippen LogP contribution in [0, 0.1) is 5.82 Å². The average Bonchev–Trinajstić information content (AvgIpc) is 3.34. The molecule has 0 aliphatic carbocycles. The molecular formula is C22H23FN8O3. The molecule has 0 saturated carbocycles. The minimum Gasteiger partial charge on any atom is -0.480 e. The van der Waals surface area contributed by atoms with Crippen LogP contribution >= 0.6 is 0 Å². The lowest BCUT2D eigenvalue weighted by atomic mass is 10.2. The van der Waals surface area contributed by atoms with Crippen LogP contribution in [0.3, 0.4) is 0 Å². The van der Waals surface area contributed by atoms with Gasteiger partial charge in [-0.05, 0) is 37.1 Å². The van der Waals surface area contributed by atoms with Crippen LogP contribution in [0.25, 0.3) is 0 Å². The standard InChI is InChI=1S/C22H23FN8O3/c1-31(11-14-3-2-8-33-14)18-7-4-13(9-24-18)26-22-25-10-15(23)20(30-22)27-17-6-5-16-21(28-17)29-19(32)12-34-16/h4-7,9-10,14H,2-3,8,11-12H2,1H3,(H3,25,26,27,28,29,30,32)/t14-/m1/s1. The van der Waals surface area contributed by atoms with E-state index in [2.05, 4.69) is 40.8 Å². The van der Waals surface area contributed by atoms with E-state index < -0.39 is 5.82 Å². The summed E-state index contributed by atoms with van der Waals surface area (Å²) in [6.45, 7) is 1.53. The maximum atomic E-state index is 14.3. The Morgan fingerprint density at radius 3 is 2.88 bits per heavy atom. The van der Waals surface area contributed by atoms with E-state index in [0.717, 1.165) is 38.0 Å². The number of anilines is 6. The molecule has 1 atom stereocenters. The molecule has 0 radical (unpaired) electrons. The molecule has 34 heavy (non-hydrogen) atoms. The van der Waals surface area contributed by atoms with Crippen molar-refractivity contribution in [3.05, 3.63) is 42.5 Å². The molecule has 0 bridgehead atoms. The van der Waals surface area contributed by atoms with E-state index in [1.807, 2.05) is 19.2 Å². The number of carbonyl (C=O) groups excluding carboxylic acids is 1. The Bertz CT molecular complexity index is 1190. The van der Waals surface area contributed by atoms with Gasteiger partial charge in [0.1, 0.15) is 11.6 Å². The van der Waals surface area contributed by atoms with Crippen molar-refractivity contribution < 1.29 is 18.7 Å². The van der Waals surface area contributed by atoms with Crippen molar-refractivity contribution in [3.63, 3.8) is 0 Å². The van der Waals surface area contributed by atoms with Crippen LogP contribution in [-0.2, 0) is 9.53 Å². The van der Waals surface area contributed by atoms with Gasteiger partial charge in [0.05, 0.1) is 24.2 Å². The Labute approximate surface area is 194 Å². The van der Waals surface area contributed by atoms with Crippen molar-refractivity contribution in [2.24, 2.45) is 0 Å². The van der Waals surface area contributed by atoms with Gasteiger partial charge in [0.25, 0.3) is 5.91 Å². The largest absolute Gasteiger partial charge is 0.480 e. The third-order valence-electron chi connectivity index (χ3n) is 5.36. The maximum Gasteiger partial charge on any atom is 0.263 e. The fraction of sp³-hybridized carbons (Fsp3) is 0.318. The number of likely N-dealkylation sites (N-methyl/N-ethyl adjacent to an activating group) is 1.